The van der Waals surface area contributed by atoms with Gasteiger partial charge in [-0.05, 0) is 24.1 Å². The minimum atomic E-state index is -1.34. The Morgan fingerprint density at radius 2 is 1.95 bits per heavy atom. The third-order valence-corrected chi connectivity index (χ3v) is 7.64. The van der Waals surface area contributed by atoms with E-state index in [4.69, 9.17) is 4.74 Å². The Morgan fingerprint density at radius 3 is 2.60 bits per heavy atom. The summed E-state index contributed by atoms with van der Waals surface area (Å²) in [7, 11) is 0.154. The van der Waals surface area contributed by atoms with Crippen molar-refractivity contribution in [3.05, 3.63) is 24.3 Å². The van der Waals surface area contributed by atoms with Crippen LogP contribution in [0.5, 0.6) is 0 Å². The van der Waals surface area contributed by atoms with Crippen LogP contribution in [-0.2, 0) is 9.53 Å². The van der Waals surface area contributed by atoms with Crippen molar-refractivity contribution in [3.63, 3.8) is 0 Å². The summed E-state index contributed by atoms with van der Waals surface area (Å²) in [4.78, 5) is 13.2. The van der Waals surface area contributed by atoms with Gasteiger partial charge in [-0.15, -0.1) is 11.8 Å². The normalized spacial score (nSPS) is 22.8. The molecule has 2 nitrogen and oxygen atoms in total. The van der Waals surface area contributed by atoms with Crippen LogP contribution in [0, 0.1) is 5.92 Å². The minimum Gasteiger partial charge on any atom is -0.469 e. The van der Waals surface area contributed by atoms with Gasteiger partial charge in [0, 0.05) is 10.1 Å². The van der Waals surface area contributed by atoms with Gasteiger partial charge in [0.25, 0.3) is 0 Å². The van der Waals surface area contributed by atoms with Crippen LogP contribution in [0.1, 0.15) is 19.3 Å². The molecule has 1 saturated carbocycles. The van der Waals surface area contributed by atoms with Crippen molar-refractivity contribution in [1.82, 2.24) is 0 Å². The number of benzene rings is 1. The number of thioether (sulfide) groups is 1. The summed E-state index contributed by atoms with van der Waals surface area (Å²) in [6, 6.07) is 8.71. The van der Waals surface area contributed by atoms with Crippen LogP contribution < -0.4 is 5.19 Å². The monoisotopic (exact) mass is 308 g/mol. The quantitative estimate of drug-likeness (QED) is 0.627. The third-order valence-electron chi connectivity index (χ3n) is 3.93. The van der Waals surface area contributed by atoms with Crippen LogP contribution in [0.25, 0.3) is 0 Å². The third kappa shape index (κ3) is 3.47. The van der Waals surface area contributed by atoms with E-state index in [1.54, 1.807) is 0 Å². The van der Waals surface area contributed by atoms with Crippen LogP contribution in [0.15, 0.2) is 29.2 Å². The molecule has 0 bridgehead atoms. The topological polar surface area (TPSA) is 26.3 Å². The van der Waals surface area contributed by atoms with Crippen LogP contribution in [0.2, 0.25) is 19.6 Å². The summed E-state index contributed by atoms with van der Waals surface area (Å²) < 4.78 is 4.96. The molecular formula is C16H24O2SSi. The molecule has 1 aliphatic carbocycles. The fourth-order valence-corrected chi connectivity index (χ4v) is 6.73. The number of carbonyl (C=O) groups is 1. The van der Waals surface area contributed by atoms with E-state index in [2.05, 4.69) is 43.9 Å². The number of ether oxygens (including phenoxy) is 1. The number of hydrogen-bond donors (Lipinski definition) is 0. The second-order valence-corrected chi connectivity index (χ2v) is 12.8. The minimum absolute atomic E-state index is 0.0366. The molecule has 0 saturated heterocycles. The number of rotatable bonds is 4. The SMILES string of the molecule is COC(=O)[C@@H]1CCC[C@@H]1Sc1ccccc1[Si](C)(C)C. The first kappa shape index (κ1) is 15.6. The maximum atomic E-state index is 11.9. The number of methoxy groups -OCH3 is 1. The molecule has 0 radical (unpaired) electrons. The number of carbonyl (C=O) groups excluding carboxylic acids is 1. The maximum absolute atomic E-state index is 11.9. The molecule has 0 aromatic heterocycles. The fraction of sp³-hybridized carbons (Fsp3) is 0.562. The van der Waals surface area contributed by atoms with Gasteiger partial charge in [-0.2, -0.15) is 0 Å². The van der Waals surface area contributed by atoms with Crippen molar-refractivity contribution in [1.29, 1.82) is 0 Å². The smallest absolute Gasteiger partial charge is 0.309 e. The van der Waals surface area contributed by atoms with Crippen LogP contribution in [0.3, 0.4) is 0 Å². The van der Waals surface area contributed by atoms with E-state index in [0.717, 1.165) is 19.3 Å². The molecule has 2 atom stereocenters. The second kappa shape index (κ2) is 6.35. The highest BCUT2D eigenvalue weighted by Crippen LogP contribution is 2.39. The summed E-state index contributed by atoms with van der Waals surface area (Å²) in [6.07, 6.45) is 3.22. The highest BCUT2D eigenvalue weighted by Gasteiger charge is 2.35. The molecule has 0 aliphatic heterocycles. The zero-order chi connectivity index (χ0) is 14.8. The predicted molar refractivity (Wildman–Crippen MR) is 88.4 cm³/mol. The average Bonchev–Trinajstić information content (AvgIpc) is 2.85. The van der Waals surface area contributed by atoms with Gasteiger partial charge >= 0.3 is 5.97 Å². The zero-order valence-corrected chi connectivity index (χ0v) is 14.6. The molecule has 2 rings (SSSR count). The van der Waals surface area contributed by atoms with Gasteiger partial charge in [0.1, 0.15) is 0 Å². The average molecular weight is 309 g/mol. The molecule has 4 heteroatoms. The van der Waals surface area contributed by atoms with E-state index in [1.165, 1.54) is 17.2 Å². The Balaban J connectivity index is 2.20. The molecule has 1 aliphatic rings. The van der Waals surface area contributed by atoms with Gasteiger partial charge in [0.15, 0.2) is 0 Å². The zero-order valence-electron chi connectivity index (χ0n) is 12.8. The molecule has 0 spiro atoms. The number of hydrogen-bond acceptors (Lipinski definition) is 3. The van der Waals surface area contributed by atoms with Crippen molar-refractivity contribution in [2.24, 2.45) is 5.92 Å². The van der Waals surface area contributed by atoms with Crippen molar-refractivity contribution in [2.75, 3.05) is 7.11 Å². The van der Waals surface area contributed by atoms with Gasteiger partial charge in [0.2, 0.25) is 0 Å². The van der Waals surface area contributed by atoms with E-state index < -0.39 is 8.07 Å². The highest BCUT2D eigenvalue weighted by molar-refractivity contribution is 8.00. The van der Waals surface area contributed by atoms with Crippen molar-refractivity contribution in [3.8, 4) is 0 Å². The lowest BCUT2D eigenvalue weighted by Crippen LogP contribution is -2.39. The van der Waals surface area contributed by atoms with E-state index in [-0.39, 0.29) is 11.9 Å². The van der Waals surface area contributed by atoms with E-state index in [9.17, 15) is 4.79 Å². The van der Waals surface area contributed by atoms with Gasteiger partial charge in [-0.25, -0.2) is 0 Å². The summed E-state index contributed by atoms with van der Waals surface area (Å²) in [5.74, 6) is 0.0326. The van der Waals surface area contributed by atoms with E-state index in [1.807, 2.05) is 11.8 Å². The van der Waals surface area contributed by atoms with Crippen molar-refractivity contribution < 1.29 is 9.53 Å². The predicted octanol–water partition coefficient (Wildman–Crippen LogP) is 3.67. The molecule has 0 heterocycles. The van der Waals surface area contributed by atoms with Gasteiger partial charge < -0.3 is 4.74 Å². The molecular weight excluding hydrogens is 284 g/mol. The second-order valence-electron chi connectivity index (χ2n) is 6.46. The summed E-state index contributed by atoms with van der Waals surface area (Å²) in [5, 5.41) is 1.88. The van der Waals surface area contributed by atoms with Gasteiger partial charge in [0.05, 0.1) is 21.1 Å². The molecule has 1 aromatic rings. The molecule has 0 N–H and O–H groups in total. The Kier molecular flexibility index (Phi) is 4.97. The molecule has 0 amide bonds. The first-order valence-corrected chi connectivity index (χ1v) is 11.7. The fourth-order valence-electron chi connectivity index (χ4n) is 2.84. The van der Waals surface area contributed by atoms with Crippen LogP contribution in [0.4, 0.5) is 0 Å². The van der Waals surface area contributed by atoms with Crippen molar-refractivity contribution >= 4 is 31.0 Å². The summed E-state index contributed by atoms with van der Waals surface area (Å²) >= 11 is 1.89. The van der Waals surface area contributed by atoms with Gasteiger partial charge in [-0.3, -0.25) is 4.79 Å². The number of esters is 1. The standard InChI is InChI=1S/C16H24O2SSi/c1-18-16(17)12-8-7-10-13(12)19-14-9-5-6-11-15(14)20(2,3)4/h5-6,9,11-13H,7-8,10H2,1-4H3/t12-,13+/m1/s1. The Bertz CT molecular complexity index is 482. The van der Waals surface area contributed by atoms with Crippen molar-refractivity contribution in [2.45, 2.75) is 49.0 Å². The van der Waals surface area contributed by atoms with E-state index in [0.29, 0.717) is 5.25 Å². The Labute approximate surface area is 127 Å². The molecule has 20 heavy (non-hydrogen) atoms. The lowest BCUT2D eigenvalue weighted by Gasteiger charge is -2.23. The molecule has 110 valence electrons. The summed E-state index contributed by atoms with van der Waals surface area (Å²) in [5.41, 5.74) is 0. The first-order chi connectivity index (χ1) is 9.43. The molecule has 1 aromatic carbocycles. The Hall–Kier alpha value is -0.743. The van der Waals surface area contributed by atoms with Crippen LogP contribution in [-0.4, -0.2) is 26.4 Å². The Morgan fingerprint density at radius 1 is 1.25 bits per heavy atom. The maximum Gasteiger partial charge on any atom is 0.309 e. The largest absolute Gasteiger partial charge is 0.469 e. The molecule has 0 unspecified atom stereocenters. The lowest BCUT2D eigenvalue weighted by molar-refractivity contribution is -0.144. The first-order valence-electron chi connectivity index (χ1n) is 7.27. The van der Waals surface area contributed by atoms with Gasteiger partial charge in [-0.1, -0.05) is 44.3 Å². The highest BCUT2D eigenvalue weighted by atomic mass is 32.2. The molecule has 1 fully saturated rings. The summed E-state index contributed by atoms with van der Waals surface area (Å²) in [6.45, 7) is 7.12. The van der Waals surface area contributed by atoms with Crippen LogP contribution >= 0.6 is 11.8 Å². The lowest BCUT2D eigenvalue weighted by atomic mass is 10.1. The van der Waals surface area contributed by atoms with E-state index >= 15 is 0 Å².